The summed E-state index contributed by atoms with van der Waals surface area (Å²) in [7, 11) is 0. The molecule has 0 aliphatic heterocycles. The van der Waals surface area contributed by atoms with Gasteiger partial charge in [0, 0.05) is 18.1 Å². The Bertz CT molecular complexity index is 214. The fourth-order valence-corrected chi connectivity index (χ4v) is 1.53. The first-order chi connectivity index (χ1) is 5.45. The lowest BCUT2D eigenvalue weighted by atomic mass is 9.85. The van der Waals surface area contributed by atoms with E-state index >= 15 is 0 Å². The number of hydrogen-bond donors (Lipinski definition) is 0. The lowest BCUT2D eigenvalue weighted by molar-refractivity contribution is -0.704. The lowest BCUT2D eigenvalue weighted by Crippen LogP contribution is -2.38. The summed E-state index contributed by atoms with van der Waals surface area (Å²) in [5.41, 5.74) is 0. The second-order valence-electron chi connectivity index (χ2n) is 3.37. The Morgan fingerprint density at radius 3 is 2.36 bits per heavy atom. The molecule has 0 atom stereocenters. The Morgan fingerprint density at radius 2 is 1.82 bits per heavy atom. The molecule has 0 amide bonds. The zero-order valence-electron chi connectivity index (χ0n) is 6.74. The molecule has 0 spiro atoms. The van der Waals surface area contributed by atoms with Crippen molar-refractivity contribution in [2.75, 3.05) is 0 Å². The van der Waals surface area contributed by atoms with E-state index in [9.17, 15) is 0 Å². The highest BCUT2D eigenvalue weighted by Gasteiger charge is 2.20. The van der Waals surface area contributed by atoms with Gasteiger partial charge in [0.05, 0.1) is 0 Å². The lowest BCUT2D eigenvalue weighted by Gasteiger charge is -2.21. The highest BCUT2D eigenvalue weighted by molar-refractivity contribution is 4.83. The molecule has 0 unspecified atom stereocenters. The molecule has 1 aromatic rings. The molecule has 0 radical (unpaired) electrons. The van der Waals surface area contributed by atoms with Crippen molar-refractivity contribution in [2.45, 2.75) is 25.8 Å². The van der Waals surface area contributed by atoms with Crippen molar-refractivity contribution in [3.8, 4) is 0 Å². The van der Waals surface area contributed by atoms with Crippen molar-refractivity contribution in [3.63, 3.8) is 0 Å². The van der Waals surface area contributed by atoms with Crippen LogP contribution in [0.15, 0.2) is 30.6 Å². The van der Waals surface area contributed by atoms with E-state index in [-0.39, 0.29) is 0 Å². The van der Waals surface area contributed by atoms with Gasteiger partial charge in [0.2, 0.25) is 0 Å². The van der Waals surface area contributed by atoms with Gasteiger partial charge in [-0.05, 0) is 12.8 Å². The van der Waals surface area contributed by atoms with E-state index in [0.29, 0.717) is 0 Å². The minimum atomic E-state index is 0.961. The molecule has 1 heteroatoms. The molecule has 0 saturated heterocycles. The third kappa shape index (κ3) is 1.59. The van der Waals surface area contributed by atoms with Crippen LogP contribution in [-0.4, -0.2) is 0 Å². The molecule has 1 aliphatic carbocycles. The summed E-state index contributed by atoms with van der Waals surface area (Å²) in [6.07, 6.45) is 8.61. The number of nitrogens with zero attached hydrogens (tertiary/aromatic N) is 1. The molecule has 1 fully saturated rings. The minimum absolute atomic E-state index is 0.961. The quantitative estimate of drug-likeness (QED) is 0.563. The molecule has 1 nitrogen and oxygen atoms in total. The van der Waals surface area contributed by atoms with Gasteiger partial charge in [0.15, 0.2) is 18.9 Å². The van der Waals surface area contributed by atoms with Crippen LogP contribution >= 0.6 is 0 Å². The highest BCUT2D eigenvalue weighted by atomic mass is 14.9. The van der Waals surface area contributed by atoms with Crippen LogP contribution in [0.4, 0.5) is 0 Å². The van der Waals surface area contributed by atoms with Crippen LogP contribution in [0.2, 0.25) is 0 Å². The number of pyridine rings is 1. The first-order valence-electron chi connectivity index (χ1n) is 4.39. The van der Waals surface area contributed by atoms with Gasteiger partial charge < -0.3 is 0 Å². The third-order valence-electron chi connectivity index (χ3n) is 2.47. The zero-order chi connectivity index (χ0) is 7.52. The van der Waals surface area contributed by atoms with Crippen molar-refractivity contribution >= 4 is 0 Å². The Kier molecular flexibility index (Phi) is 1.89. The maximum Gasteiger partial charge on any atom is 0.168 e. The van der Waals surface area contributed by atoms with Gasteiger partial charge in [-0.3, -0.25) is 0 Å². The van der Waals surface area contributed by atoms with Crippen LogP contribution in [0.5, 0.6) is 0 Å². The first kappa shape index (κ1) is 6.84. The Hall–Kier alpha value is -0.850. The molecular weight excluding hydrogens is 134 g/mol. The van der Waals surface area contributed by atoms with Crippen molar-refractivity contribution in [1.82, 2.24) is 0 Å². The fraction of sp³-hybridized carbons (Fsp3) is 0.500. The largest absolute Gasteiger partial charge is 0.205 e. The standard InChI is InChI=1S/C10H14N/c1-2-7-11(8-3-1)9-10-5-4-6-10/h1-3,7-8,10H,4-6,9H2/q+1. The SMILES string of the molecule is c1cc[n+](CC2CCC2)cc1. The van der Waals surface area contributed by atoms with Crippen LogP contribution in [0.3, 0.4) is 0 Å². The average molecular weight is 148 g/mol. The third-order valence-corrected chi connectivity index (χ3v) is 2.47. The normalized spacial score (nSPS) is 17.8. The summed E-state index contributed by atoms with van der Waals surface area (Å²) in [6, 6.07) is 6.26. The van der Waals surface area contributed by atoms with Crippen LogP contribution < -0.4 is 4.57 Å². The van der Waals surface area contributed by atoms with Gasteiger partial charge in [-0.1, -0.05) is 12.5 Å². The van der Waals surface area contributed by atoms with Gasteiger partial charge in [-0.25, -0.2) is 4.57 Å². The van der Waals surface area contributed by atoms with Gasteiger partial charge in [-0.2, -0.15) is 0 Å². The van der Waals surface area contributed by atoms with E-state index in [4.69, 9.17) is 0 Å². The second-order valence-corrected chi connectivity index (χ2v) is 3.37. The van der Waals surface area contributed by atoms with Crippen LogP contribution in [0, 0.1) is 5.92 Å². The average Bonchev–Trinajstić information content (AvgIpc) is 1.99. The molecule has 1 aromatic heterocycles. The fourth-order valence-electron chi connectivity index (χ4n) is 1.53. The maximum absolute atomic E-state index is 2.28. The van der Waals surface area contributed by atoms with Crippen molar-refractivity contribution < 1.29 is 4.57 Å². The molecule has 1 heterocycles. The molecular formula is C10H14N+. The predicted molar refractivity (Wildman–Crippen MR) is 44.0 cm³/mol. The first-order valence-corrected chi connectivity index (χ1v) is 4.39. The maximum atomic E-state index is 2.28. The monoisotopic (exact) mass is 148 g/mol. The highest BCUT2D eigenvalue weighted by Crippen LogP contribution is 2.25. The van der Waals surface area contributed by atoms with Gasteiger partial charge >= 0.3 is 0 Å². The van der Waals surface area contributed by atoms with Crippen molar-refractivity contribution in [3.05, 3.63) is 30.6 Å². The van der Waals surface area contributed by atoms with E-state index in [1.54, 1.807) is 0 Å². The molecule has 0 bridgehead atoms. The summed E-state index contributed by atoms with van der Waals surface area (Å²) < 4.78 is 2.28. The zero-order valence-corrected chi connectivity index (χ0v) is 6.74. The van der Waals surface area contributed by atoms with E-state index in [2.05, 4.69) is 35.2 Å². The van der Waals surface area contributed by atoms with E-state index in [1.807, 2.05) is 0 Å². The molecule has 58 valence electrons. The van der Waals surface area contributed by atoms with E-state index in [0.717, 1.165) is 5.92 Å². The second kappa shape index (κ2) is 3.04. The van der Waals surface area contributed by atoms with Crippen LogP contribution in [-0.2, 0) is 6.54 Å². The van der Waals surface area contributed by atoms with Gasteiger partial charge in [0.25, 0.3) is 0 Å². The summed E-state index contributed by atoms with van der Waals surface area (Å²) in [5, 5.41) is 0. The topological polar surface area (TPSA) is 3.88 Å². The summed E-state index contributed by atoms with van der Waals surface area (Å²) in [4.78, 5) is 0. The molecule has 11 heavy (non-hydrogen) atoms. The van der Waals surface area contributed by atoms with Crippen LogP contribution in [0.25, 0.3) is 0 Å². The Morgan fingerprint density at radius 1 is 1.09 bits per heavy atom. The summed E-state index contributed by atoms with van der Waals surface area (Å²) >= 11 is 0. The summed E-state index contributed by atoms with van der Waals surface area (Å²) in [5.74, 6) is 0.961. The molecule has 0 aromatic carbocycles. The van der Waals surface area contributed by atoms with Crippen molar-refractivity contribution in [2.24, 2.45) is 5.92 Å². The number of rotatable bonds is 2. The summed E-state index contributed by atoms with van der Waals surface area (Å²) in [6.45, 7) is 1.22. The predicted octanol–water partition coefficient (Wildman–Crippen LogP) is 1.77. The van der Waals surface area contributed by atoms with Gasteiger partial charge in [0.1, 0.15) is 0 Å². The molecule has 2 rings (SSSR count). The van der Waals surface area contributed by atoms with E-state index in [1.165, 1.54) is 25.8 Å². The van der Waals surface area contributed by atoms with E-state index < -0.39 is 0 Å². The molecule has 1 aliphatic rings. The molecule has 0 N–H and O–H groups in total. The Balaban J connectivity index is 1.95. The number of aromatic nitrogens is 1. The van der Waals surface area contributed by atoms with Gasteiger partial charge in [-0.15, -0.1) is 0 Å². The Labute approximate surface area is 67.7 Å². The smallest absolute Gasteiger partial charge is 0.168 e. The number of hydrogen-bond acceptors (Lipinski definition) is 0. The molecule has 1 saturated carbocycles. The van der Waals surface area contributed by atoms with Crippen molar-refractivity contribution in [1.29, 1.82) is 0 Å². The minimum Gasteiger partial charge on any atom is -0.205 e. The van der Waals surface area contributed by atoms with Crippen LogP contribution in [0.1, 0.15) is 19.3 Å².